The number of nitrogens with two attached hydrogens (primary N) is 1. The van der Waals surface area contributed by atoms with Gasteiger partial charge in [-0.15, -0.1) is 0 Å². The van der Waals surface area contributed by atoms with E-state index in [4.69, 9.17) is 5.73 Å². The molecule has 0 heterocycles. The minimum absolute atomic E-state index is 0.103. The Bertz CT molecular complexity index is 439. The predicted molar refractivity (Wildman–Crippen MR) is 78.5 cm³/mol. The highest BCUT2D eigenvalue weighted by Gasteiger charge is 2.21. The number of hydrogen-bond donors (Lipinski definition) is 1. The number of benzene rings is 1. The van der Waals surface area contributed by atoms with Crippen molar-refractivity contribution in [2.75, 3.05) is 6.54 Å². The average Bonchev–Trinajstić information content (AvgIpc) is 2.31. The van der Waals surface area contributed by atoms with E-state index < -0.39 is 6.61 Å². The van der Waals surface area contributed by atoms with Gasteiger partial charge in [0, 0.05) is 0 Å². The zero-order valence-corrected chi connectivity index (χ0v) is 12.8. The summed E-state index contributed by atoms with van der Waals surface area (Å²) >= 11 is 0. The molecule has 0 aliphatic carbocycles. The van der Waals surface area contributed by atoms with Crippen LogP contribution in [0, 0.1) is 6.92 Å². The molecule has 1 aromatic rings. The lowest BCUT2D eigenvalue weighted by Gasteiger charge is -2.24. The van der Waals surface area contributed by atoms with Crippen LogP contribution in [0.5, 0.6) is 5.75 Å². The third-order valence-electron chi connectivity index (χ3n) is 3.36. The summed E-state index contributed by atoms with van der Waals surface area (Å²) in [4.78, 5) is 0. The molecule has 0 aliphatic rings. The fourth-order valence-corrected chi connectivity index (χ4v) is 2.36. The standard InChI is InChI=1S/C16H25F2NO/c1-11-13(16(2,3)4)9-12(7-5-6-8-19)10-14(11)20-15(17)18/h9-10,15H,5-8,19H2,1-4H3. The Hall–Kier alpha value is -1.16. The van der Waals surface area contributed by atoms with Crippen molar-refractivity contribution in [3.05, 3.63) is 28.8 Å². The summed E-state index contributed by atoms with van der Waals surface area (Å²) in [6.45, 7) is 5.92. The van der Waals surface area contributed by atoms with E-state index in [0.717, 1.165) is 36.0 Å². The Labute approximate surface area is 120 Å². The van der Waals surface area contributed by atoms with Crippen LogP contribution in [0.2, 0.25) is 0 Å². The lowest BCUT2D eigenvalue weighted by atomic mass is 9.82. The first-order valence-electron chi connectivity index (χ1n) is 7.04. The molecule has 0 aliphatic heterocycles. The molecule has 2 N–H and O–H groups in total. The largest absolute Gasteiger partial charge is 0.435 e. The number of aryl methyl sites for hydroxylation is 1. The zero-order valence-electron chi connectivity index (χ0n) is 12.8. The highest BCUT2D eigenvalue weighted by Crippen LogP contribution is 2.33. The first-order chi connectivity index (χ1) is 9.25. The third-order valence-corrected chi connectivity index (χ3v) is 3.36. The summed E-state index contributed by atoms with van der Waals surface area (Å²) < 4.78 is 29.7. The fraction of sp³-hybridized carbons (Fsp3) is 0.625. The van der Waals surface area contributed by atoms with Crippen molar-refractivity contribution >= 4 is 0 Å². The lowest BCUT2D eigenvalue weighted by molar-refractivity contribution is -0.0504. The van der Waals surface area contributed by atoms with Gasteiger partial charge in [0.25, 0.3) is 0 Å². The van der Waals surface area contributed by atoms with Gasteiger partial charge in [-0.3, -0.25) is 0 Å². The van der Waals surface area contributed by atoms with Gasteiger partial charge in [-0.05, 0) is 60.9 Å². The van der Waals surface area contributed by atoms with E-state index in [2.05, 4.69) is 31.6 Å². The number of hydrogen-bond acceptors (Lipinski definition) is 2. The van der Waals surface area contributed by atoms with Gasteiger partial charge >= 0.3 is 6.61 Å². The second kappa shape index (κ2) is 7.02. The summed E-state index contributed by atoms with van der Waals surface area (Å²) in [6, 6.07) is 3.83. The van der Waals surface area contributed by atoms with Crippen molar-refractivity contribution in [2.45, 2.75) is 59.0 Å². The quantitative estimate of drug-likeness (QED) is 0.796. The first kappa shape index (κ1) is 16.9. The summed E-state index contributed by atoms with van der Waals surface area (Å²) in [5.41, 5.74) is 8.26. The van der Waals surface area contributed by atoms with Crippen LogP contribution in [0.1, 0.15) is 50.3 Å². The number of unbranched alkanes of at least 4 members (excludes halogenated alkanes) is 1. The van der Waals surface area contributed by atoms with Gasteiger partial charge in [-0.1, -0.05) is 26.8 Å². The predicted octanol–water partition coefficient (Wildman–Crippen LogP) is 4.18. The van der Waals surface area contributed by atoms with Gasteiger partial charge in [0.2, 0.25) is 0 Å². The van der Waals surface area contributed by atoms with Crippen LogP contribution in [0.3, 0.4) is 0 Å². The van der Waals surface area contributed by atoms with Crippen LogP contribution in [0.25, 0.3) is 0 Å². The number of alkyl halides is 2. The summed E-state index contributed by atoms with van der Waals surface area (Å²) in [5.74, 6) is 0.287. The molecule has 0 bridgehead atoms. The van der Waals surface area contributed by atoms with Crippen molar-refractivity contribution in [1.29, 1.82) is 0 Å². The van der Waals surface area contributed by atoms with Crippen LogP contribution >= 0.6 is 0 Å². The molecule has 1 rings (SSSR count). The second-order valence-corrected chi connectivity index (χ2v) is 6.14. The maximum absolute atomic E-state index is 12.5. The molecule has 0 fully saturated rings. The molecule has 0 aromatic heterocycles. The van der Waals surface area contributed by atoms with Gasteiger partial charge in [-0.25, -0.2) is 0 Å². The van der Waals surface area contributed by atoms with E-state index in [1.165, 1.54) is 0 Å². The van der Waals surface area contributed by atoms with E-state index in [1.807, 2.05) is 6.92 Å². The Morgan fingerprint density at radius 1 is 1.20 bits per heavy atom. The second-order valence-electron chi connectivity index (χ2n) is 6.14. The van der Waals surface area contributed by atoms with Crippen LogP contribution < -0.4 is 10.5 Å². The molecule has 0 radical (unpaired) electrons. The normalized spacial score (nSPS) is 12.0. The molecular weight excluding hydrogens is 260 g/mol. The zero-order chi connectivity index (χ0) is 15.3. The van der Waals surface area contributed by atoms with Crippen molar-refractivity contribution in [3.8, 4) is 5.75 Å². The summed E-state index contributed by atoms with van der Waals surface area (Å²) in [6.07, 6.45) is 2.72. The lowest BCUT2D eigenvalue weighted by Crippen LogP contribution is -2.15. The molecule has 0 saturated heterocycles. The smallest absolute Gasteiger partial charge is 0.387 e. The fourth-order valence-electron chi connectivity index (χ4n) is 2.36. The number of rotatable bonds is 6. The monoisotopic (exact) mass is 285 g/mol. The van der Waals surface area contributed by atoms with Gasteiger partial charge in [0.1, 0.15) is 5.75 Å². The Balaban J connectivity index is 3.13. The highest BCUT2D eigenvalue weighted by molar-refractivity contribution is 5.46. The number of ether oxygens (including phenoxy) is 1. The molecule has 2 nitrogen and oxygen atoms in total. The first-order valence-corrected chi connectivity index (χ1v) is 7.04. The van der Waals surface area contributed by atoms with Crippen LogP contribution in [-0.4, -0.2) is 13.2 Å². The minimum Gasteiger partial charge on any atom is -0.435 e. The molecule has 0 amide bonds. The van der Waals surface area contributed by atoms with Crippen molar-refractivity contribution < 1.29 is 13.5 Å². The molecule has 0 unspecified atom stereocenters. The molecular formula is C16H25F2NO. The van der Waals surface area contributed by atoms with E-state index in [1.54, 1.807) is 6.07 Å². The molecule has 114 valence electrons. The van der Waals surface area contributed by atoms with Gasteiger partial charge in [0.15, 0.2) is 0 Å². The summed E-state index contributed by atoms with van der Waals surface area (Å²) in [7, 11) is 0. The van der Waals surface area contributed by atoms with Crippen LogP contribution in [0.4, 0.5) is 8.78 Å². The van der Waals surface area contributed by atoms with E-state index in [0.29, 0.717) is 6.54 Å². The molecule has 0 atom stereocenters. The van der Waals surface area contributed by atoms with Crippen molar-refractivity contribution in [3.63, 3.8) is 0 Å². The third kappa shape index (κ3) is 4.75. The van der Waals surface area contributed by atoms with Crippen molar-refractivity contribution in [1.82, 2.24) is 0 Å². The molecule has 1 aromatic carbocycles. The van der Waals surface area contributed by atoms with E-state index >= 15 is 0 Å². The number of halogens is 2. The Morgan fingerprint density at radius 3 is 2.35 bits per heavy atom. The van der Waals surface area contributed by atoms with E-state index in [-0.39, 0.29) is 11.2 Å². The molecule has 0 spiro atoms. The topological polar surface area (TPSA) is 35.2 Å². The Morgan fingerprint density at radius 2 is 1.85 bits per heavy atom. The molecule has 0 saturated carbocycles. The minimum atomic E-state index is -2.79. The average molecular weight is 285 g/mol. The maximum Gasteiger partial charge on any atom is 0.387 e. The SMILES string of the molecule is Cc1c(OC(F)F)cc(CCCCN)cc1C(C)(C)C. The van der Waals surface area contributed by atoms with Crippen molar-refractivity contribution in [2.24, 2.45) is 5.73 Å². The Kier molecular flexibility index (Phi) is 5.93. The maximum atomic E-state index is 12.5. The van der Waals surface area contributed by atoms with Gasteiger partial charge < -0.3 is 10.5 Å². The van der Waals surface area contributed by atoms with Gasteiger partial charge in [0.05, 0.1) is 0 Å². The molecule has 20 heavy (non-hydrogen) atoms. The van der Waals surface area contributed by atoms with Gasteiger partial charge in [-0.2, -0.15) is 8.78 Å². The summed E-state index contributed by atoms with van der Waals surface area (Å²) in [5, 5.41) is 0. The highest BCUT2D eigenvalue weighted by atomic mass is 19.3. The van der Waals surface area contributed by atoms with E-state index in [9.17, 15) is 8.78 Å². The van der Waals surface area contributed by atoms with Crippen LogP contribution in [-0.2, 0) is 11.8 Å². The van der Waals surface area contributed by atoms with Crippen LogP contribution in [0.15, 0.2) is 12.1 Å². The molecule has 4 heteroatoms.